The van der Waals surface area contributed by atoms with Crippen molar-refractivity contribution < 1.29 is 8.42 Å². The second-order valence-electron chi connectivity index (χ2n) is 3.11. The number of benzene rings is 1. The fourth-order valence-electron chi connectivity index (χ4n) is 1.08. The molecule has 0 bridgehead atoms. The molecule has 3 N–H and O–H groups in total. The lowest BCUT2D eigenvalue weighted by Gasteiger charge is -2.07. The highest BCUT2D eigenvalue weighted by Gasteiger charge is 2.16. The summed E-state index contributed by atoms with van der Waals surface area (Å²) in [5.41, 5.74) is 5.27. The molecule has 0 fully saturated rings. The molecule has 7 heteroatoms. The van der Waals surface area contributed by atoms with Crippen LogP contribution in [0.3, 0.4) is 0 Å². The molecule has 1 aromatic rings. The summed E-state index contributed by atoms with van der Waals surface area (Å²) in [6, 6.07) is 4.24. The highest BCUT2D eigenvalue weighted by molar-refractivity contribution is 7.89. The predicted molar refractivity (Wildman–Crippen MR) is 65.3 cm³/mol. The third-order valence-electron chi connectivity index (χ3n) is 1.86. The summed E-state index contributed by atoms with van der Waals surface area (Å²) in [6.07, 6.45) is 0.574. The second kappa shape index (κ2) is 5.84. The summed E-state index contributed by atoms with van der Waals surface area (Å²) in [6.45, 7) is 0.717. The third-order valence-corrected chi connectivity index (χ3v) is 4.04. The van der Waals surface area contributed by atoms with Crippen LogP contribution in [0.15, 0.2) is 23.1 Å². The Morgan fingerprint density at radius 3 is 2.56 bits per heavy atom. The standard InChI is InChI=1S/C9H12Cl2N2O2S/c10-7-2-3-9(8(11)6-7)16(14,15)13-5-1-4-12/h2-3,6,13H,1,4-5,12H2. The minimum atomic E-state index is -3.58. The van der Waals surface area contributed by atoms with Gasteiger partial charge in [-0.15, -0.1) is 0 Å². The van der Waals surface area contributed by atoms with Gasteiger partial charge in [0.25, 0.3) is 0 Å². The Bertz CT molecular complexity index is 463. The average molecular weight is 283 g/mol. The van der Waals surface area contributed by atoms with Crippen LogP contribution in [0.25, 0.3) is 0 Å². The molecule has 0 saturated carbocycles. The van der Waals surface area contributed by atoms with Crippen molar-refractivity contribution in [2.24, 2.45) is 5.73 Å². The van der Waals surface area contributed by atoms with Crippen LogP contribution in [0, 0.1) is 0 Å². The Labute approximate surface area is 105 Å². The van der Waals surface area contributed by atoms with Crippen LogP contribution in [0.4, 0.5) is 0 Å². The molecule has 0 unspecified atom stereocenters. The maximum atomic E-state index is 11.8. The Morgan fingerprint density at radius 2 is 2.00 bits per heavy atom. The van der Waals surface area contributed by atoms with E-state index < -0.39 is 10.0 Å². The first kappa shape index (κ1) is 13.7. The fourth-order valence-corrected chi connectivity index (χ4v) is 2.92. The van der Waals surface area contributed by atoms with E-state index in [-0.39, 0.29) is 16.5 Å². The fraction of sp³-hybridized carbons (Fsp3) is 0.333. The van der Waals surface area contributed by atoms with Crippen LogP contribution >= 0.6 is 23.2 Å². The van der Waals surface area contributed by atoms with Gasteiger partial charge < -0.3 is 5.73 Å². The zero-order valence-corrected chi connectivity index (χ0v) is 10.7. The van der Waals surface area contributed by atoms with Crippen LogP contribution in [-0.4, -0.2) is 21.5 Å². The monoisotopic (exact) mass is 282 g/mol. The Kier molecular flexibility index (Phi) is 5.01. The normalized spacial score (nSPS) is 11.7. The number of sulfonamides is 1. The highest BCUT2D eigenvalue weighted by Crippen LogP contribution is 2.24. The molecule has 0 aliphatic carbocycles. The van der Waals surface area contributed by atoms with Gasteiger partial charge in [0.05, 0.1) is 5.02 Å². The molecule has 0 saturated heterocycles. The molecule has 0 heterocycles. The first-order valence-corrected chi connectivity index (χ1v) is 6.86. The van der Waals surface area contributed by atoms with Crippen LogP contribution in [0.5, 0.6) is 0 Å². The van der Waals surface area contributed by atoms with Gasteiger partial charge in [-0.25, -0.2) is 13.1 Å². The van der Waals surface area contributed by atoms with E-state index in [4.69, 9.17) is 28.9 Å². The van der Waals surface area contributed by atoms with E-state index in [0.29, 0.717) is 18.0 Å². The lowest BCUT2D eigenvalue weighted by atomic mass is 10.4. The Balaban J connectivity index is 2.90. The summed E-state index contributed by atoms with van der Waals surface area (Å²) in [4.78, 5) is 0.0237. The van der Waals surface area contributed by atoms with Crippen molar-refractivity contribution in [2.45, 2.75) is 11.3 Å². The van der Waals surface area contributed by atoms with E-state index in [1.165, 1.54) is 18.2 Å². The molecule has 16 heavy (non-hydrogen) atoms. The Morgan fingerprint density at radius 1 is 1.31 bits per heavy atom. The number of hydrogen-bond acceptors (Lipinski definition) is 3. The number of nitrogens with one attached hydrogen (secondary N) is 1. The molecular weight excluding hydrogens is 271 g/mol. The zero-order valence-electron chi connectivity index (χ0n) is 8.41. The SMILES string of the molecule is NCCCNS(=O)(=O)c1ccc(Cl)cc1Cl. The third kappa shape index (κ3) is 3.61. The first-order valence-electron chi connectivity index (χ1n) is 4.62. The maximum Gasteiger partial charge on any atom is 0.242 e. The number of halogens is 2. The lowest BCUT2D eigenvalue weighted by Crippen LogP contribution is -2.26. The van der Waals surface area contributed by atoms with Crippen molar-refractivity contribution in [3.63, 3.8) is 0 Å². The topological polar surface area (TPSA) is 72.2 Å². The summed E-state index contributed by atoms with van der Waals surface area (Å²) in [7, 11) is -3.58. The number of hydrogen-bond donors (Lipinski definition) is 2. The van der Waals surface area contributed by atoms with E-state index in [9.17, 15) is 8.42 Å². The summed E-state index contributed by atoms with van der Waals surface area (Å²) in [5, 5.41) is 0.499. The molecule has 0 spiro atoms. The van der Waals surface area contributed by atoms with Crippen molar-refractivity contribution in [1.29, 1.82) is 0 Å². The zero-order chi connectivity index (χ0) is 12.2. The molecule has 0 amide bonds. The minimum Gasteiger partial charge on any atom is -0.330 e. The van der Waals surface area contributed by atoms with Crippen molar-refractivity contribution in [3.8, 4) is 0 Å². The van der Waals surface area contributed by atoms with Gasteiger partial charge in [-0.05, 0) is 31.2 Å². The lowest BCUT2D eigenvalue weighted by molar-refractivity contribution is 0.579. The highest BCUT2D eigenvalue weighted by atomic mass is 35.5. The van der Waals surface area contributed by atoms with E-state index in [0.717, 1.165) is 0 Å². The van der Waals surface area contributed by atoms with Gasteiger partial charge in [0.2, 0.25) is 10.0 Å². The molecule has 4 nitrogen and oxygen atoms in total. The molecule has 0 aliphatic rings. The van der Waals surface area contributed by atoms with Crippen molar-refractivity contribution in [3.05, 3.63) is 28.2 Å². The molecule has 1 rings (SSSR count). The molecule has 0 radical (unpaired) electrons. The number of nitrogens with two attached hydrogens (primary N) is 1. The van der Waals surface area contributed by atoms with Crippen molar-refractivity contribution in [2.75, 3.05) is 13.1 Å². The van der Waals surface area contributed by atoms with Crippen LogP contribution in [-0.2, 0) is 10.0 Å². The van der Waals surface area contributed by atoms with Crippen LogP contribution < -0.4 is 10.5 Å². The average Bonchev–Trinajstić information content (AvgIpc) is 2.17. The Hall–Kier alpha value is -0.330. The molecule has 0 aliphatic heterocycles. The molecule has 0 aromatic heterocycles. The van der Waals surface area contributed by atoms with E-state index in [2.05, 4.69) is 4.72 Å². The van der Waals surface area contributed by atoms with Gasteiger partial charge in [-0.1, -0.05) is 23.2 Å². The van der Waals surface area contributed by atoms with E-state index >= 15 is 0 Å². The summed E-state index contributed by atoms with van der Waals surface area (Å²) >= 11 is 11.5. The number of rotatable bonds is 5. The molecule has 90 valence electrons. The molecule has 0 atom stereocenters. The van der Waals surface area contributed by atoms with Crippen molar-refractivity contribution >= 4 is 33.2 Å². The van der Waals surface area contributed by atoms with Gasteiger partial charge in [0, 0.05) is 11.6 Å². The largest absolute Gasteiger partial charge is 0.330 e. The first-order chi connectivity index (χ1) is 7.47. The minimum absolute atomic E-state index is 0.0237. The smallest absolute Gasteiger partial charge is 0.242 e. The van der Waals surface area contributed by atoms with Crippen molar-refractivity contribution in [1.82, 2.24) is 4.72 Å². The summed E-state index contributed by atoms with van der Waals surface area (Å²) < 4.78 is 25.9. The van der Waals surface area contributed by atoms with Crippen LogP contribution in [0.2, 0.25) is 10.0 Å². The maximum absolute atomic E-state index is 11.8. The molecule has 1 aromatic carbocycles. The summed E-state index contributed by atoms with van der Waals surface area (Å²) in [5.74, 6) is 0. The van der Waals surface area contributed by atoms with Gasteiger partial charge in [0.1, 0.15) is 4.90 Å². The van der Waals surface area contributed by atoms with Gasteiger partial charge >= 0.3 is 0 Å². The van der Waals surface area contributed by atoms with Gasteiger partial charge in [0.15, 0.2) is 0 Å². The second-order valence-corrected chi connectivity index (χ2v) is 5.69. The van der Waals surface area contributed by atoms with E-state index in [1.807, 2.05) is 0 Å². The van der Waals surface area contributed by atoms with E-state index in [1.54, 1.807) is 0 Å². The van der Waals surface area contributed by atoms with Gasteiger partial charge in [-0.3, -0.25) is 0 Å². The predicted octanol–water partition coefficient (Wildman–Crippen LogP) is 1.62. The molecular formula is C9H12Cl2N2O2S. The van der Waals surface area contributed by atoms with Gasteiger partial charge in [-0.2, -0.15) is 0 Å². The quantitative estimate of drug-likeness (QED) is 0.806. The van der Waals surface area contributed by atoms with Crippen LogP contribution in [0.1, 0.15) is 6.42 Å².